The van der Waals surface area contributed by atoms with Crippen LogP contribution < -0.4 is 33.2 Å². The zero-order valence-electron chi connectivity index (χ0n) is 21.6. The highest BCUT2D eigenvalue weighted by Crippen LogP contribution is 2.11. The second-order valence-electron chi connectivity index (χ2n) is 8.91. The van der Waals surface area contributed by atoms with Crippen LogP contribution in [0.3, 0.4) is 0 Å². The molecule has 4 atom stereocenters. The number of rotatable bonds is 16. The third-order valence-electron chi connectivity index (χ3n) is 5.72. The van der Waals surface area contributed by atoms with Gasteiger partial charge in [-0.05, 0) is 37.0 Å². The number of H-pyrrole nitrogens is 1. The lowest BCUT2D eigenvalue weighted by atomic mass is 10.0. The van der Waals surface area contributed by atoms with Gasteiger partial charge in [-0.25, -0.2) is 9.78 Å². The molecule has 0 radical (unpaired) electrons. The van der Waals surface area contributed by atoms with Crippen LogP contribution in [0.25, 0.3) is 0 Å². The van der Waals surface area contributed by atoms with E-state index < -0.39 is 54.5 Å². The van der Waals surface area contributed by atoms with Crippen LogP contribution in [0.15, 0.2) is 41.8 Å². The number of phenols is 1. The van der Waals surface area contributed by atoms with Crippen molar-refractivity contribution < 1.29 is 34.5 Å². The van der Waals surface area contributed by atoms with Crippen LogP contribution in [0.2, 0.25) is 0 Å². The van der Waals surface area contributed by atoms with Gasteiger partial charge in [0.2, 0.25) is 17.7 Å². The molecule has 0 fully saturated rings. The molecule has 1 aromatic carbocycles. The van der Waals surface area contributed by atoms with E-state index in [4.69, 9.17) is 17.2 Å². The number of phenolic OH excluding ortho intramolecular Hbond substituents is 1. The monoisotopic (exact) mass is 561 g/mol. The fraction of sp³-hybridized carbons (Fsp3) is 0.417. The van der Waals surface area contributed by atoms with Crippen molar-refractivity contribution in [3.63, 3.8) is 0 Å². The molecule has 4 unspecified atom stereocenters. The number of aliphatic hydroxyl groups is 1. The summed E-state index contributed by atoms with van der Waals surface area (Å²) in [4.78, 5) is 60.9. The first-order chi connectivity index (χ1) is 19.0. The maximum Gasteiger partial charge on any atom is 0.328 e. The molecule has 3 amide bonds. The summed E-state index contributed by atoms with van der Waals surface area (Å²) in [6, 6.07) is 1.05. The number of aliphatic carboxylic acids is 1. The molecule has 0 aliphatic carbocycles. The maximum absolute atomic E-state index is 13.3. The molecule has 16 nitrogen and oxygen atoms in total. The number of carbonyl (C=O) groups excluding carboxylic acids is 3. The average molecular weight is 562 g/mol. The van der Waals surface area contributed by atoms with E-state index in [2.05, 4.69) is 30.9 Å². The summed E-state index contributed by atoms with van der Waals surface area (Å²) in [5, 5.41) is 35.2. The minimum Gasteiger partial charge on any atom is -0.508 e. The number of aromatic hydroxyl groups is 1. The third kappa shape index (κ3) is 10.6. The number of hydrogen-bond acceptors (Lipinski definition) is 9. The van der Waals surface area contributed by atoms with E-state index in [1.165, 1.54) is 24.7 Å². The SMILES string of the molecule is NC(N)=NCCCC(NC(=O)C(N)Cc1ccc(O)cc1)C(=O)NC(Cc1cnc[nH]1)C(=O)NC(CO)C(=O)O. The summed E-state index contributed by atoms with van der Waals surface area (Å²) in [6.45, 7) is -0.704. The number of nitrogens with two attached hydrogens (primary N) is 3. The van der Waals surface area contributed by atoms with Gasteiger partial charge in [-0.15, -0.1) is 0 Å². The molecule has 0 saturated carbocycles. The molecule has 1 heterocycles. The third-order valence-corrected chi connectivity index (χ3v) is 5.72. The number of carboxylic acids is 1. The molecule has 0 aliphatic heterocycles. The number of carboxylic acid groups (broad SMARTS) is 1. The highest BCUT2D eigenvalue weighted by Gasteiger charge is 2.30. The van der Waals surface area contributed by atoms with Gasteiger partial charge in [0.1, 0.15) is 23.9 Å². The van der Waals surface area contributed by atoms with E-state index in [1.54, 1.807) is 12.1 Å². The Labute approximate surface area is 229 Å². The van der Waals surface area contributed by atoms with E-state index in [-0.39, 0.29) is 43.9 Å². The summed E-state index contributed by atoms with van der Waals surface area (Å²) in [5.74, 6) is -3.81. The van der Waals surface area contributed by atoms with Crippen molar-refractivity contribution in [3.05, 3.63) is 48.0 Å². The number of benzene rings is 1. The number of guanidine groups is 1. The Morgan fingerprint density at radius 3 is 2.15 bits per heavy atom. The fourth-order valence-electron chi connectivity index (χ4n) is 3.59. The zero-order valence-corrected chi connectivity index (χ0v) is 21.6. The number of hydrogen-bond donors (Lipinski definition) is 10. The number of aliphatic imine (C=N–C) groups is 1. The van der Waals surface area contributed by atoms with Crippen molar-refractivity contribution in [1.82, 2.24) is 25.9 Å². The molecule has 0 saturated heterocycles. The summed E-state index contributed by atoms with van der Waals surface area (Å²) in [6.07, 6.45) is 3.17. The fourth-order valence-corrected chi connectivity index (χ4v) is 3.59. The van der Waals surface area contributed by atoms with Gasteiger partial charge in [0.15, 0.2) is 5.96 Å². The molecule has 40 heavy (non-hydrogen) atoms. The molecular weight excluding hydrogens is 526 g/mol. The van der Waals surface area contributed by atoms with Crippen LogP contribution in [-0.4, -0.2) is 92.3 Å². The van der Waals surface area contributed by atoms with Crippen LogP contribution in [0.1, 0.15) is 24.1 Å². The predicted molar refractivity (Wildman–Crippen MR) is 143 cm³/mol. The van der Waals surface area contributed by atoms with Crippen LogP contribution in [-0.2, 0) is 32.0 Å². The number of nitrogens with zero attached hydrogens (tertiary/aromatic N) is 2. The summed E-state index contributed by atoms with van der Waals surface area (Å²) in [5.41, 5.74) is 17.9. The first kappa shape index (κ1) is 31.5. The van der Waals surface area contributed by atoms with Crippen molar-refractivity contribution in [1.29, 1.82) is 0 Å². The Bertz CT molecular complexity index is 1150. The van der Waals surface area contributed by atoms with Gasteiger partial charge >= 0.3 is 5.97 Å². The minimum atomic E-state index is -1.60. The number of aliphatic hydroxyl groups excluding tert-OH is 1. The molecular formula is C24H35N9O7. The smallest absolute Gasteiger partial charge is 0.328 e. The van der Waals surface area contributed by atoms with Gasteiger partial charge in [0, 0.05) is 24.9 Å². The van der Waals surface area contributed by atoms with Gasteiger partial charge < -0.3 is 53.5 Å². The molecule has 0 spiro atoms. The van der Waals surface area contributed by atoms with Crippen LogP contribution in [0.4, 0.5) is 0 Å². The summed E-state index contributed by atoms with van der Waals surface area (Å²) < 4.78 is 0. The van der Waals surface area contributed by atoms with E-state index in [0.717, 1.165) is 0 Å². The molecule has 2 aromatic rings. The minimum absolute atomic E-state index is 0.0571. The zero-order chi connectivity index (χ0) is 29.7. The van der Waals surface area contributed by atoms with Crippen molar-refractivity contribution >= 4 is 29.7 Å². The Balaban J connectivity index is 2.18. The molecule has 1 aromatic heterocycles. The number of aromatic amines is 1. The largest absolute Gasteiger partial charge is 0.508 e. The summed E-state index contributed by atoms with van der Waals surface area (Å²) >= 11 is 0. The lowest BCUT2D eigenvalue weighted by Crippen LogP contribution is -2.58. The molecule has 2 rings (SSSR count). The van der Waals surface area contributed by atoms with Crippen molar-refractivity contribution in [2.45, 2.75) is 49.9 Å². The number of amides is 3. The number of imidazole rings is 1. The lowest BCUT2D eigenvalue weighted by Gasteiger charge is -2.25. The van der Waals surface area contributed by atoms with Gasteiger partial charge in [-0.3, -0.25) is 19.4 Å². The number of carbonyl (C=O) groups is 4. The second-order valence-corrected chi connectivity index (χ2v) is 8.91. The van der Waals surface area contributed by atoms with E-state index in [9.17, 15) is 34.5 Å². The molecule has 0 bridgehead atoms. The molecule has 16 heteroatoms. The van der Waals surface area contributed by atoms with Crippen molar-refractivity contribution in [2.24, 2.45) is 22.2 Å². The summed E-state index contributed by atoms with van der Waals surface area (Å²) in [7, 11) is 0. The molecule has 218 valence electrons. The Morgan fingerprint density at radius 2 is 1.57 bits per heavy atom. The second kappa shape index (κ2) is 15.6. The Hall–Kier alpha value is -4.70. The van der Waals surface area contributed by atoms with E-state index >= 15 is 0 Å². The van der Waals surface area contributed by atoms with Gasteiger partial charge in [-0.1, -0.05) is 12.1 Å². The van der Waals surface area contributed by atoms with Crippen molar-refractivity contribution in [3.8, 4) is 5.75 Å². The predicted octanol–water partition coefficient (Wildman–Crippen LogP) is -3.19. The first-order valence-electron chi connectivity index (χ1n) is 12.3. The first-order valence-corrected chi connectivity index (χ1v) is 12.3. The Morgan fingerprint density at radius 1 is 0.950 bits per heavy atom. The van der Waals surface area contributed by atoms with Gasteiger partial charge in [0.25, 0.3) is 0 Å². The topological polar surface area (TPSA) is 284 Å². The Kier molecular flexibility index (Phi) is 12.3. The maximum atomic E-state index is 13.3. The highest BCUT2D eigenvalue weighted by molar-refractivity contribution is 5.94. The van der Waals surface area contributed by atoms with E-state index in [0.29, 0.717) is 11.3 Å². The normalized spacial score (nSPS) is 13.8. The molecule has 13 N–H and O–H groups in total. The average Bonchev–Trinajstić information content (AvgIpc) is 3.42. The van der Waals surface area contributed by atoms with Gasteiger partial charge in [-0.2, -0.15) is 0 Å². The van der Waals surface area contributed by atoms with E-state index in [1.807, 2.05) is 0 Å². The van der Waals surface area contributed by atoms with Crippen LogP contribution >= 0.6 is 0 Å². The lowest BCUT2D eigenvalue weighted by molar-refractivity contribution is -0.143. The van der Waals surface area contributed by atoms with Gasteiger partial charge in [0.05, 0.1) is 19.0 Å². The number of aromatic nitrogens is 2. The molecule has 0 aliphatic rings. The van der Waals surface area contributed by atoms with Crippen LogP contribution in [0.5, 0.6) is 5.75 Å². The van der Waals surface area contributed by atoms with Crippen molar-refractivity contribution in [2.75, 3.05) is 13.2 Å². The standard InChI is InChI=1S/C24H35N9O7/c25-16(8-13-3-5-15(35)6-4-13)20(36)31-17(2-1-7-29-24(26)27)21(37)32-18(9-14-10-28-12-30-14)22(38)33-19(11-34)23(39)40/h3-6,10,12,16-19,34-35H,1-2,7-9,11,25H2,(H,28,30)(H,31,36)(H,32,37)(H,33,38)(H,39,40)(H4,26,27,29). The van der Waals surface area contributed by atoms with Crippen LogP contribution in [0, 0.1) is 0 Å². The number of nitrogens with one attached hydrogen (secondary N) is 4. The highest BCUT2D eigenvalue weighted by atomic mass is 16.4. The quantitative estimate of drug-likeness (QED) is 0.0553.